The summed E-state index contributed by atoms with van der Waals surface area (Å²) in [7, 11) is 0. The molecule has 0 aliphatic carbocycles. The van der Waals surface area contributed by atoms with Crippen molar-refractivity contribution in [1.29, 1.82) is 0 Å². The predicted octanol–water partition coefficient (Wildman–Crippen LogP) is 0.947. The average Bonchev–Trinajstić information content (AvgIpc) is 1.64. The molecule has 1 heterocycles. The smallest absolute Gasteiger partial charge is 0.135 e. The van der Waals surface area contributed by atoms with E-state index < -0.39 is 0 Å². The van der Waals surface area contributed by atoms with Gasteiger partial charge in [0.15, 0.2) is 0 Å². The van der Waals surface area contributed by atoms with E-state index in [1.165, 1.54) is 18.5 Å². The Labute approximate surface area is 63.3 Å². The maximum atomic E-state index is 8.67. The van der Waals surface area contributed by atoms with Gasteiger partial charge in [0.05, 0.1) is 18.1 Å². The van der Waals surface area contributed by atoms with Crippen LogP contribution >= 0.6 is 17.0 Å². The van der Waals surface area contributed by atoms with Crippen LogP contribution in [0.5, 0.6) is 5.75 Å². The molecule has 0 bridgehead atoms. The van der Waals surface area contributed by atoms with E-state index >= 15 is 0 Å². The fourth-order valence-corrected chi connectivity index (χ4v) is 0.445. The lowest BCUT2D eigenvalue weighted by molar-refractivity contribution is 0.473. The summed E-state index contributed by atoms with van der Waals surface area (Å²) in [4.78, 5) is 3.61. The largest absolute Gasteiger partial charge is 0.506 e. The summed E-state index contributed by atoms with van der Waals surface area (Å²) in [5.41, 5.74) is 5.71. The zero-order valence-corrected chi connectivity index (χ0v) is 6.33. The van der Waals surface area contributed by atoms with Crippen molar-refractivity contribution in [2.45, 2.75) is 0 Å². The summed E-state index contributed by atoms with van der Waals surface area (Å²) in [6, 6.07) is 1.44. The molecule has 0 unspecified atom stereocenters. The second-order valence-corrected chi connectivity index (χ2v) is 1.48. The molecule has 0 aliphatic heterocycles. The van der Waals surface area contributed by atoms with E-state index in [9.17, 15) is 0 Å². The molecule has 1 aromatic heterocycles. The number of aromatic nitrogens is 1. The first-order chi connectivity index (χ1) is 3.79. The van der Waals surface area contributed by atoms with E-state index in [0.29, 0.717) is 5.69 Å². The van der Waals surface area contributed by atoms with Crippen LogP contribution in [-0.2, 0) is 0 Å². The number of aromatic hydroxyl groups is 1. The number of nitrogens with two attached hydrogens (primary N) is 1. The molecule has 0 aliphatic rings. The molecule has 0 atom stereocenters. The first kappa shape index (κ1) is 8.23. The van der Waals surface area contributed by atoms with Gasteiger partial charge in [-0.2, -0.15) is 0 Å². The Bertz CT molecular complexity index is 175. The van der Waals surface area contributed by atoms with E-state index in [-0.39, 0.29) is 22.7 Å². The summed E-state index contributed by atoms with van der Waals surface area (Å²) < 4.78 is 0. The van der Waals surface area contributed by atoms with Gasteiger partial charge < -0.3 is 10.8 Å². The number of pyridine rings is 1. The Kier molecular flexibility index (Phi) is 3.01. The maximum Gasteiger partial charge on any atom is 0.135 e. The van der Waals surface area contributed by atoms with Crippen LogP contribution in [0.25, 0.3) is 0 Å². The van der Waals surface area contributed by atoms with Gasteiger partial charge in [-0.1, -0.05) is 0 Å². The Morgan fingerprint density at radius 1 is 1.44 bits per heavy atom. The SMILES string of the molecule is Br.Nc1cncc(O)c1. The highest BCUT2D eigenvalue weighted by Crippen LogP contribution is 2.08. The van der Waals surface area contributed by atoms with E-state index in [0.717, 1.165) is 0 Å². The molecule has 0 saturated heterocycles. The minimum absolute atomic E-state index is 0. The maximum absolute atomic E-state index is 8.67. The van der Waals surface area contributed by atoms with Crippen molar-refractivity contribution in [2.24, 2.45) is 0 Å². The molecule has 3 nitrogen and oxygen atoms in total. The molecule has 1 rings (SSSR count). The predicted molar refractivity (Wildman–Crippen MR) is 40.6 cm³/mol. The van der Waals surface area contributed by atoms with Crippen molar-refractivity contribution in [3.05, 3.63) is 18.5 Å². The fraction of sp³-hybridized carbons (Fsp3) is 0. The Balaban J connectivity index is 0.000000640. The minimum Gasteiger partial charge on any atom is -0.506 e. The van der Waals surface area contributed by atoms with Crippen LogP contribution in [0.15, 0.2) is 18.5 Å². The molecular weight excluding hydrogens is 184 g/mol. The van der Waals surface area contributed by atoms with Crippen LogP contribution in [0, 0.1) is 0 Å². The van der Waals surface area contributed by atoms with Crippen LogP contribution in [0.3, 0.4) is 0 Å². The van der Waals surface area contributed by atoms with E-state index in [2.05, 4.69) is 4.98 Å². The first-order valence-electron chi connectivity index (χ1n) is 2.18. The second kappa shape index (κ2) is 3.29. The second-order valence-electron chi connectivity index (χ2n) is 1.48. The van der Waals surface area contributed by atoms with E-state index in [1.807, 2.05) is 0 Å². The fourth-order valence-electron chi connectivity index (χ4n) is 0.445. The quantitative estimate of drug-likeness (QED) is 0.641. The van der Waals surface area contributed by atoms with Crippen molar-refractivity contribution in [2.75, 3.05) is 5.73 Å². The zero-order valence-electron chi connectivity index (χ0n) is 4.61. The average molecular weight is 191 g/mol. The van der Waals surface area contributed by atoms with Crippen LogP contribution in [0.1, 0.15) is 0 Å². The third-order valence-corrected chi connectivity index (χ3v) is 0.745. The van der Waals surface area contributed by atoms with Gasteiger partial charge in [0.2, 0.25) is 0 Å². The normalized spacial score (nSPS) is 8.00. The highest BCUT2D eigenvalue weighted by Gasteiger charge is 1.84. The molecule has 3 N–H and O–H groups in total. The third kappa shape index (κ3) is 2.32. The van der Waals surface area contributed by atoms with Crippen LogP contribution < -0.4 is 5.73 Å². The number of nitrogens with zero attached hydrogens (tertiary/aromatic N) is 1. The number of hydrogen-bond donors (Lipinski definition) is 2. The molecule has 4 heteroatoms. The summed E-state index contributed by atoms with van der Waals surface area (Å²) in [5.74, 6) is 0.102. The lowest BCUT2D eigenvalue weighted by atomic mass is 10.4. The Morgan fingerprint density at radius 2 is 2.11 bits per heavy atom. The first-order valence-corrected chi connectivity index (χ1v) is 2.18. The minimum atomic E-state index is 0. The van der Waals surface area contributed by atoms with Gasteiger partial charge in [0, 0.05) is 6.07 Å². The topological polar surface area (TPSA) is 59.1 Å². The summed E-state index contributed by atoms with van der Waals surface area (Å²) in [6.07, 6.45) is 2.80. The molecule has 9 heavy (non-hydrogen) atoms. The molecule has 0 radical (unpaired) electrons. The molecule has 0 saturated carbocycles. The van der Waals surface area contributed by atoms with Gasteiger partial charge in [-0.05, 0) is 0 Å². The van der Waals surface area contributed by atoms with Gasteiger partial charge in [-0.15, -0.1) is 17.0 Å². The highest BCUT2D eigenvalue weighted by atomic mass is 79.9. The molecule has 0 fully saturated rings. The number of halogens is 1. The van der Waals surface area contributed by atoms with Crippen molar-refractivity contribution in [3.8, 4) is 5.75 Å². The van der Waals surface area contributed by atoms with Crippen LogP contribution in [-0.4, -0.2) is 10.1 Å². The van der Waals surface area contributed by atoms with Gasteiger partial charge in [0.1, 0.15) is 5.75 Å². The monoisotopic (exact) mass is 190 g/mol. The van der Waals surface area contributed by atoms with Crippen molar-refractivity contribution >= 4 is 22.7 Å². The highest BCUT2D eigenvalue weighted by molar-refractivity contribution is 8.93. The lowest BCUT2D eigenvalue weighted by Gasteiger charge is -1.89. The Hall–Kier alpha value is -0.770. The standard InChI is InChI=1S/C5H6N2O.BrH/c6-4-1-5(8)3-7-2-4;/h1-3,8H,6H2;1H. The number of rotatable bonds is 0. The van der Waals surface area contributed by atoms with Gasteiger partial charge in [-0.3, -0.25) is 4.98 Å². The summed E-state index contributed by atoms with van der Waals surface area (Å²) >= 11 is 0. The van der Waals surface area contributed by atoms with Gasteiger partial charge in [0.25, 0.3) is 0 Å². The molecule has 0 spiro atoms. The molecule has 0 amide bonds. The van der Waals surface area contributed by atoms with Crippen molar-refractivity contribution in [1.82, 2.24) is 4.98 Å². The van der Waals surface area contributed by atoms with Crippen LogP contribution in [0.4, 0.5) is 5.69 Å². The third-order valence-electron chi connectivity index (χ3n) is 0.745. The molecule has 1 aromatic rings. The van der Waals surface area contributed by atoms with Crippen molar-refractivity contribution < 1.29 is 5.11 Å². The van der Waals surface area contributed by atoms with E-state index in [1.54, 1.807) is 0 Å². The van der Waals surface area contributed by atoms with Crippen molar-refractivity contribution in [3.63, 3.8) is 0 Å². The number of hydrogen-bond acceptors (Lipinski definition) is 3. The summed E-state index contributed by atoms with van der Waals surface area (Å²) in [6.45, 7) is 0. The Morgan fingerprint density at radius 3 is 2.44 bits per heavy atom. The number of nitrogen functional groups attached to an aromatic ring is 1. The molecule has 0 aromatic carbocycles. The van der Waals surface area contributed by atoms with Gasteiger partial charge >= 0.3 is 0 Å². The molecule has 50 valence electrons. The molecular formula is C5H7BrN2O. The number of anilines is 1. The van der Waals surface area contributed by atoms with Gasteiger partial charge in [-0.25, -0.2) is 0 Å². The lowest BCUT2D eigenvalue weighted by Crippen LogP contribution is -1.83. The summed E-state index contributed by atoms with van der Waals surface area (Å²) in [5, 5.41) is 8.67. The zero-order chi connectivity index (χ0) is 5.98. The van der Waals surface area contributed by atoms with E-state index in [4.69, 9.17) is 10.8 Å². The van der Waals surface area contributed by atoms with Crippen LogP contribution in [0.2, 0.25) is 0 Å².